The Morgan fingerprint density at radius 1 is 1.31 bits per heavy atom. The Balaban J connectivity index is 1.58. The van der Waals surface area contributed by atoms with E-state index in [-0.39, 0.29) is 17.7 Å². The smallest absolute Gasteiger partial charge is 0.254 e. The molecule has 9 nitrogen and oxygen atoms in total. The fraction of sp³-hybridized carbons (Fsp3) is 0.350. The van der Waals surface area contributed by atoms with E-state index in [0.717, 1.165) is 29.1 Å². The molecule has 0 spiro atoms. The van der Waals surface area contributed by atoms with E-state index in [2.05, 4.69) is 30.7 Å². The highest BCUT2D eigenvalue weighted by Gasteiger charge is 2.33. The van der Waals surface area contributed by atoms with Gasteiger partial charge in [-0.25, -0.2) is 4.98 Å². The molecule has 2 aromatic heterocycles. The van der Waals surface area contributed by atoms with Gasteiger partial charge in [0.05, 0.1) is 17.8 Å². The van der Waals surface area contributed by atoms with E-state index >= 15 is 0 Å². The molecule has 0 radical (unpaired) electrons. The van der Waals surface area contributed by atoms with E-state index in [1.54, 1.807) is 17.2 Å². The molecule has 1 atom stereocenters. The summed E-state index contributed by atoms with van der Waals surface area (Å²) in [5, 5.41) is 17.3. The van der Waals surface area contributed by atoms with Crippen LogP contribution in [-0.2, 0) is 24.3 Å². The molecule has 0 bridgehead atoms. The van der Waals surface area contributed by atoms with Gasteiger partial charge in [0.15, 0.2) is 5.82 Å². The fourth-order valence-electron chi connectivity index (χ4n) is 3.54. The average Bonchev–Trinajstić information content (AvgIpc) is 3.40. The number of H-pyrrole nitrogens is 2. The predicted octanol–water partition coefficient (Wildman–Crippen LogP) is 1.51. The molecule has 3 N–H and O–H groups in total. The van der Waals surface area contributed by atoms with Gasteiger partial charge in [-0.15, -0.1) is 0 Å². The van der Waals surface area contributed by atoms with Crippen LogP contribution in [0.15, 0.2) is 30.5 Å². The number of carbonyl (C=O) groups is 2. The highest BCUT2D eigenvalue weighted by Crippen LogP contribution is 2.31. The molecule has 1 unspecified atom stereocenters. The van der Waals surface area contributed by atoms with Gasteiger partial charge in [-0.1, -0.05) is 19.1 Å². The van der Waals surface area contributed by atoms with Crippen molar-refractivity contribution in [3.8, 4) is 0 Å². The molecule has 3 aromatic rings. The Morgan fingerprint density at radius 2 is 2.17 bits per heavy atom. The van der Waals surface area contributed by atoms with Crippen LogP contribution in [0.4, 0.5) is 0 Å². The summed E-state index contributed by atoms with van der Waals surface area (Å²) in [6, 6.07) is 7.33. The summed E-state index contributed by atoms with van der Waals surface area (Å²) in [6.45, 7) is 4.81. The lowest BCUT2D eigenvalue weighted by Gasteiger charge is -2.31. The number of rotatable bonds is 5. The molecule has 0 aliphatic carbocycles. The van der Waals surface area contributed by atoms with Crippen molar-refractivity contribution >= 4 is 11.8 Å². The van der Waals surface area contributed by atoms with Crippen molar-refractivity contribution in [2.24, 2.45) is 0 Å². The number of aromatic nitrogens is 5. The number of aromatic amines is 2. The number of fused-ring (bicyclic) bond motifs is 1. The van der Waals surface area contributed by atoms with Crippen LogP contribution in [-0.4, -0.2) is 48.6 Å². The van der Waals surface area contributed by atoms with Gasteiger partial charge >= 0.3 is 0 Å². The van der Waals surface area contributed by atoms with Crippen LogP contribution in [0.3, 0.4) is 0 Å². The SMILES string of the molecule is CCc1nc(C2CN(C(=O)c3cccc(CNC(C)=O)c3)Cc3cn[nH]c32)n[nH]1. The molecule has 1 aliphatic heterocycles. The normalized spacial score (nSPS) is 15.8. The zero-order chi connectivity index (χ0) is 20.4. The average molecular weight is 393 g/mol. The van der Waals surface area contributed by atoms with E-state index in [9.17, 15) is 9.59 Å². The predicted molar refractivity (Wildman–Crippen MR) is 105 cm³/mol. The second kappa shape index (κ2) is 7.86. The molecule has 0 saturated carbocycles. The van der Waals surface area contributed by atoms with Crippen molar-refractivity contribution in [2.45, 2.75) is 39.3 Å². The van der Waals surface area contributed by atoms with Gasteiger partial charge in [0.2, 0.25) is 5.91 Å². The molecule has 9 heteroatoms. The third kappa shape index (κ3) is 3.89. The van der Waals surface area contributed by atoms with E-state index in [0.29, 0.717) is 31.0 Å². The first-order valence-corrected chi connectivity index (χ1v) is 9.61. The number of nitrogens with zero attached hydrogens (tertiary/aromatic N) is 4. The molecule has 0 fully saturated rings. The largest absolute Gasteiger partial charge is 0.352 e. The molecule has 0 saturated heterocycles. The number of hydrogen-bond acceptors (Lipinski definition) is 5. The van der Waals surface area contributed by atoms with E-state index < -0.39 is 0 Å². The number of hydrogen-bond donors (Lipinski definition) is 3. The first-order valence-electron chi connectivity index (χ1n) is 9.61. The molecular weight excluding hydrogens is 370 g/mol. The molecular formula is C20H23N7O2. The molecule has 29 heavy (non-hydrogen) atoms. The summed E-state index contributed by atoms with van der Waals surface area (Å²) < 4.78 is 0. The van der Waals surface area contributed by atoms with Crippen molar-refractivity contribution in [1.29, 1.82) is 0 Å². The molecule has 3 heterocycles. The lowest BCUT2D eigenvalue weighted by atomic mass is 9.95. The van der Waals surface area contributed by atoms with Gasteiger partial charge in [-0.3, -0.25) is 19.8 Å². The van der Waals surface area contributed by atoms with E-state index in [4.69, 9.17) is 0 Å². The maximum absolute atomic E-state index is 13.2. The minimum absolute atomic E-state index is 0.0715. The lowest BCUT2D eigenvalue weighted by Crippen LogP contribution is -2.38. The van der Waals surface area contributed by atoms with Gasteiger partial charge in [0.1, 0.15) is 5.82 Å². The minimum Gasteiger partial charge on any atom is -0.352 e. The standard InChI is InChI=1S/C20H23N7O2/c1-3-17-23-19(26-24-17)16-11-27(10-15-9-22-25-18(15)16)20(29)14-6-4-5-13(7-14)8-21-12(2)28/h4-7,9,16H,3,8,10-11H2,1-2H3,(H,21,28)(H,22,25)(H,23,24,26). The van der Waals surface area contributed by atoms with Crippen molar-refractivity contribution < 1.29 is 9.59 Å². The van der Waals surface area contributed by atoms with Crippen molar-refractivity contribution in [3.05, 3.63) is 64.5 Å². The summed E-state index contributed by atoms with van der Waals surface area (Å²) in [5.41, 5.74) is 3.38. The number of nitrogens with one attached hydrogen (secondary N) is 3. The quantitative estimate of drug-likeness (QED) is 0.607. The Labute approximate surface area is 167 Å². The Hall–Kier alpha value is -3.49. The third-order valence-electron chi connectivity index (χ3n) is 5.06. The first-order chi connectivity index (χ1) is 14.0. The van der Waals surface area contributed by atoms with E-state index in [1.807, 2.05) is 25.1 Å². The second-order valence-electron chi connectivity index (χ2n) is 7.15. The topological polar surface area (TPSA) is 120 Å². The minimum atomic E-state index is -0.163. The number of amides is 2. The number of carbonyl (C=O) groups excluding carboxylic acids is 2. The monoisotopic (exact) mass is 393 g/mol. The summed E-state index contributed by atoms with van der Waals surface area (Å²) in [4.78, 5) is 30.7. The highest BCUT2D eigenvalue weighted by atomic mass is 16.2. The van der Waals surface area contributed by atoms with Crippen LogP contribution < -0.4 is 5.32 Å². The molecule has 1 aliphatic rings. The lowest BCUT2D eigenvalue weighted by molar-refractivity contribution is -0.119. The van der Waals surface area contributed by atoms with Crippen LogP contribution in [0.2, 0.25) is 0 Å². The van der Waals surface area contributed by atoms with Gasteiger partial charge in [0.25, 0.3) is 5.91 Å². The van der Waals surface area contributed by atoms with Crippen LogP contribution in [0.5, 0.6) is 0 Å². The van der Waals surface area contributed by atoms with Gasteiger partial charge in [-0.05, 0) is 17.7 Å². The summed E-state index contributed by atoms with van der Waals surface area (Å²) in [7, 11) is 0. The zero-order valence-electron chi connectivity index (χ0n) is 16.4. The van der Waals surface area contributed by atoms with Gasteiger partial charge in [-0.2, -0.15) is 10.2 Å². The summed E-state index contributed by atoms with van der Waals surface area (Å²) in [5.74, 6) is 1.13. The summed E-state index contributed by atoms with van der Waals surface area (Å²) >= 11 is 0. The van der Waals surface area contributed by atoms with E-state index in [1.165, 1.54) is 6.92 Å². The van der Waals surface area contributed by atoms with Crippen LogP contribution in [0.1, 0.15) is 58.6 Å². The van der Waals surface area contributed by atoms with Crippen LogP contribution in [0.25, 0.3) is 0 Å². The molecule has 1 aromatic carbocycles. The molecule has 4 rings (SSSR count). The van der Waals surface area contributed by atoms with Gasteiger partial charge in [0, 0.05) is 44.1 Å². The van der Waals surface area contributed by atoms with Crippen molar-refractivity contribution in [1.82, 2.24) is 35.6 Å². The Morgan fingerprint density at radius 3 is 2.93 bits per heavy atom. The first kappa shape index (κ1) is 18.9. The van der Waals surface area contributed by atoms with Crippen molar-refractivity contribution in [3.63, 3.8) is 0 Å². The Bertz CT molecular complexity index is 1040. The zero-order valence-corrected chi connectivity index (χ0v) is 16.4. The number of aryl methyl sites for hydroxylation is 1. The van der Waals surface area contributed by atoms with Crippen LogP contribution in [0, 0.1) is 0 Å². The highest BCUT2D eigenvalue weighted by molar-refractivity contribution is 5.94. The maximum atomic E-state index is 13.2. The Kier molecular flexibility index (Phi) is 5.11. The number of benzene rings is 1. The second-order valence-corrected chi connectivity index (χ2v) is 7.15. The van der Waals surface area contributed by atoms with Crippen molar-refractivity contribution in [2.75, 3.05) is 6.54 Å². The maximum Gasteiger partial charge on any atom is 0.254 e. The van der Waals surface area contributed by atoms with Crippen LogP contribution >= 0.6 is 0 Å². The van der Waals surface area contributed by atoms with Gasteiger partial charge < -0.3 is 10.2 Å². The third-order valence-corrected chi connectivity index (χ3v) is 5.06. The molecule has 2 amide bonds. The fourth-order valence-corrected chi connectivity index (χ4v) is 3.54. The molecule has 150 valence electrons. The summed E-state index contributed by atoms with van der Waals surface area (Å²) in [6.07, 6.45) is 2.52.